The van der Waals surface area contributed by atoms with Crippen LogP contribution in [0.3, 0.4) is 0 Å². The number of fused-ring (bicyclic) bond motifs is 4. The van der Waals surface area contributed by atoms with Crippen molar-refractivity contribution in [2.75, 3.05) is 17.3 Å². The minimum absolute atomic E-state index is 0.143. The molecule has 0 bridgehead atoms. The Morgan fingerprint density at radius 1 is 0.769 bits per heavy atom. The molecule has 0 fully saturated rings. The number of nitrogens with zero attached hydrogens (tertiary/aromatic N) is 5. The van der Waals surface area contributed by atoms with Crippen LogP contribution in [0, 0.1) is 6.92 Å². The zero-order valence-corrected chi connectivity index (χ0v) is 21.6. The predicted molar refractivity (Wildman–Crippen MR) is 156 cm³/mol. The fourth-order valence-electron chi connectivity index (χ4n) is 5.31. The molecular weight excluding hydrogens is 484 g/mol. The smallest absolute Gasteiger partial charge is 0.179 e. The maximum atomic E-state index is 5.35. The van der Waals surface area contributed by atoms with Crippen molar-refractivity contribution >= 4 is 34.6 Å². The summed E-state index contributed by atoms with van der Waals surface area (Å²) in [4.78, 5) is 12.6. The number of hydrogen-bond donors (Lipinski definition) is 1. The highest BCUT2D eigenvalue weighted by Crippen LogP contribution is 2.48. The van der Waals surface area contributed by atoms with E-state index in [9.17, 15) is 0 Å². The summed E-state index contributed by atoms with van der Waals surface area (Å²) in [5.74, 6) is 3.01. The SMILES string of the molecule is COc1ccc(NC2=Nc3ccccc3N3C2=Nc2c(c(C)nn2-c2ccccc2)[C@H]3c2ccccc2)cc1. The van der Waals surface area contributed by atoms with E-state index in [1.54, 1.807) is 7.11 Å². The highest BCUT2D eigenvalue weighted by atomic mass is 16.5. The molecule has 5 aromatic rings. The summed E-state index contributed by atoms with van der Waals surface area (Å²) in [5.41, 5.74) is 6.91. The van der Waals surface area contributed by atoms with Crippen molar-refractivity contribution in [1.29, 1.82) is 0 Å². The molecule has 0 spiro atoms. The molecule has 1 N–H and O–H groups in total. The van der Waals surface area contributed by atoms with Crippen LogP contribution in [0.2, 0.25) is 0 Å². The van der Waals surface area contributed by atoms with Gasteiger partial charge in [0.15, 0.2) is 17.5 Å². The van der Waals surface area contributed by atoms with E-state index in [0.29, 0.717) is 5.84 Å². The molecule has 190 valence electrons. The minimum Gasteiger partial charge on any atom is -0.497 e. The highest BCUT2D eigenvalue weighted by Gasteiger charge is 2.41. The number of benzene rings is 4. The summed E-state index contributed by atoms with van der Waals surface area (Å²) in [7, 11) is 1.67. The Morgan fingerprint density at radius 2 is 1.46 bits per heavy atom. The number of para-hydroxylation sites is 3. The van der Waals surface area contributed by atoms with Crippen LogP contribution < -0.4 is 15.0 Å². The van der Waals surface area contributed by atoms with Gasteiger partial charge in [0.05, 0.1) is 35.9 Å². The van der Waals surface area contributed by atoms with Crippen LogP contribution in [0.25, 0.3) is 5.69 Å². The van der Waals surface area contributed by atoms with Crippen molar-refractivity contribution in [3.63, 3.8) is 0 Å². The lowest BCUT2D eigenvalue weighted by Crippen LogP contribution is -2.46. The van der Waals surface area contributed by atoms with Gasteiger partial charge in [0.2, 0.25) is 0 Å². The van der Waals surface area contributed by atoms with Gasteiger partial charge in [-0.25, -0.2) is 14.7 Å². The van der Waals surface area contributed by atoms with Crippen molar-refractivity contribution in [3.05, 3.63) is 126 Å². The van der Waals surface area contributed by atoms with Gasteiger partial charge in [0.1, 0.15) is 5.75 Å². The Balaban J connectivity index is 1.47. The molecule has 0 radical (unpaired) electrons. The van der Waals surface area contributed by atoms with Gasteiger partial charge in [-0.05, 0) is 61.0 Å². The van der Waals surface area contributed by atoms with E-state index < -0.39 is 0 Å². The van der Waals surface area contributed by atoms with E-state index in [-0.39, 0.29) is 6.04 Å². The number of hydrogen-bond acceptors (Lipinski definition) is 6. The molecule has 4 aromatic carbocycles. The maximum Gasteiger partial charge on any atom is 0.179 e. The predicted octanol–water partition coefficient (Wildman–Crippen LogP) is 6.98. The molecule has 3 heterocycles. The fraction of sp³-hybridized carbons (Fsp3) is 0.0938. The van der Waals surface area contributed by atoms with Crippen LogP contribution in [-0.2, 0) is 0 Å². The van der Waals surface area contributed by atoms with E-state index in [0.717, 1.165) is 57.0 Å². The number of amidine groups is 2. The van der Waals surface area contributed by atoms with Crippen molar-refractivity contribution in [3.8, 4) is 11.4 Å². The molecular formula is C32H26N6O. The van der Waals surface area contributed by atoms with Crippen LogP contribution >= 0.6 is 0 Å². The van der Waals surface area contributed by atoms with E-state index in [4.69, 9.17) is 19.8 Å². The Labute approximate surface area is 226 Å². The topological polar surface area (TPSA) is 67.0 Å². The zero-order valence-electron chi connectivity index (χ0n) is 21.6. The van der Waals surface area contributed by atoms with E-state index >= 15 is 0 Å². The Hall–Kier alpha value is -5.17. The molecule has 0 unspecified atom stereocenters. The molecule has 7 nitrogen and oxygen atoms in total. The van der Waals surface area contributed by atoms with Crippen LogP contribution in [0.1, 0.15) is 22.9 Å². The van der Waals surface area contributed by atoms with Crippen molar-refractivity contribution < 1.29 is 4.74 Å². The number of rotatable bonds is 4. The number of aryl methyl sites for hydroxylation is 1. The number of ether oxygens (including phenoxy) is 1. The standard InChI is InChI=1S/C32H26N6O/c1-21-28-29(22-11-5-3-6-12-22)37-27-16-10-9-15-26(27)34-30(33-23-17-19-25(39-2)20-18-23)32(37)35-31(28)38(36-21)24-13-7-4-8-14-24/h3-20,29H,1-2H3,(H,33,34)/t29-/m1/s1. The fourth-order valence-corrected chi connectivity index (χ4v) is 5.31. The highest BCUT2D eigenvalue weighted by molar-refractivity contribution is 6.51. The summed E-state index contributed by atoms with van der Waals surface area (Å²) in [6.45, 7) is 2.06. The second kappa shape index (κ2) is 9.29. The number of anilines is 2. The van der Waals surface area contributed by atoms with Gasteiger partial charge < -0.3 is 15.0 Å². The second-order valence-electron chi connectivity index (χ2n) is 9.49. The number of nitrogens with one attached hydrogen (secondary N) is 1. The normalized spacial score (nSPS) is 15.4. The Morgan fingerprint density at radius 3 is 2.21 bits per heavy atom. The van der Waals surface area contributed by atoms with Crippen molar-refractivity contribution in [2.45, 2.75) is 13.0 Å². The summed E-state index contributed by atoms with van der Waals surface area (Å²) < 4.78 is 7.29. The third-order valence-electron chi connectivity index (χ3n) is 7.11. The average Bonchev–Trinajstić information content (AvgIpc) is 3.33. The third kappa shape index (κ3) is 3.87. The zero-order chi connectivity index (χ0) is 26.3. The van der Waals surface area contributed by atoms with Gasteiger partial charge >= 0.3 is 0 Å². The second-order valence-corrected chi connectivity index (χ2v) is 9.49. The number of aliphatic imine (C=N–C) groups is 2. The lowest BCUT2D eigenvalue weighted by Gasteiger charge is -2.40. The van der Waals surface area contributed by atoms with E-state index in [2.05, 4.69) is 59.6 Å². The molecule has 2 aliphatic rings. The number of methoxy groups -OCH3 is 1. The van der Waals surface area contributed by atoms with Crippen LogP contribution in [0.4, 0.5) is 22.9 Å². The quantitative estimate of drug-likeness (QED) is 0.283. The van der Waals surface area contributed by atoms with Gasteiger partial charge in [-0.3, -0.25) is 0 Å². The first-order valence-corrected chi connectivity index (χ1v) is 12.9. The first-order chi connectivity index (χ1) is 19.2. The van der Waals surface area contributed by atoms with Gasteiger partial charge in [0, 0.05) is 11.3 Å². The summed E-state index contributed by atoms with van der Waals surface area (Å²) >= 11 is 0. The molecule has 0 amide bonds. The summed E-state index contributed by atoms with van der Waals surface area (Å²) in [6, 6.07) is 36.6. The summed E-state index contributed by atoms with van der Waals surface area (Å²) in [6.07, 6.45) is 0. The lowest BCUT2D eigenvalue weighted by atomic mass is 9.93. The maximum absolute atomic E-state index is 5.35. The monoisotopic (exact) mass is 510 g/mol. The third-order valence-corrected chi connectivity index (χ3v) is 7.11. The summed E-state index contributed by atoms with van der Waals surface area (Å²) in [5, 5.41) is 8.52. The van der Waals surface area contributed by atoms with Gasteiger partial charge in [-0.2, -0.15) is 5.10 Å². The molecule has 0 saturated heterocycles. The molecule has 2 aliphatic heterocycles. The van der Waals surface area contributed by atoms with Crippen LogP contribution in [-0.4, -0.2) is 28.6 Å². The molecule has 0 aliphatic carbocycles. The molecule has 0 saturated carbocycles. The first kappa shape index (κ1) is 23.0. The minimum atomic E-state index is -0.143. The van der Waals surface area contributed by atoms with E-state index in [1.807, 2.05) is 71.4 Å². The first-order valence-electron chi connectivity index (χ1n) is 12.9. The van der Waals surface area contributed by atoms with Crippen LogP contribution in [0.5, 0.6) is 5.75 Å². The van der Waals surface area contributed by atoms with Crippen molar-refractivity contribution in [2.24, 2.45) is 9.98 Å². The average molecular weight is 511 g/mol. The van der Waals surface area contributed by atoms with Gasteiger partial charge in [0.25, 0.3) is 0 Å². The van der Waals surface area contributed by atoms with Crippen molar-refractivity contribution in [1.82, 2.24) is 9.78 Å². The Bertz CT molecular complexity index is 1720. The van der Waals surface area contributed by atoms with Crippen LogP contribution in [0.15, 0.2) is 119 Å². The molecule has 1 atom stereocenters. The largest absolute Gasteiger partial charge is 0.497 e. The molecule has 7 rings (SSSR count). The number of aromatic nitrogens is 2. The molecule has 7 heteroatoms. The molecule has 39 heavy (non-hydrogen) atoms. The van der Waals surface area contributed by atoms with E-state index in [1.165, 1.54) is 0 Å². The van der Waals surface area contributed by atoms with Gasteiger partial charge in [-0.1, -0.05) is 60.7 Å². The Kier molecular flexibility index (Phi) is 5.48. The lowest BCUT2D eigenvalue weighted by molar-refractivity contribution is 0.415. The molecule has 1 aromatic heterocycles. The van der Waals surface area contributed by atoms with Gasteiger partial charge in [-0.15, -0.1) is 0 Å².